The van der Waals surface area contributed by atoms with Crippen LogP contribution in [0.3, 0.4) is 0 Å². The zero-order chi connectivity index (χ0) is 22.6. The number of fused-ring (bicyclic) bond motifs is 2. The number of anilines is 2. The summed E-state index contributed by atoms with van der Waals surface area (Å²) in [6.07, 6.45) is 9.53. The maximum absolute atomic E-state index is 9.70. The zero-order valence-electron chi connectivity index (χ0n) is 18.5. The molecule has 2 aliphatic heterocycles. The third-order valence-corrected chi connectivity index (χ3v) is 6.88. The first-order valence-corrected chi connectivity index (χ1v) is 11.7. The highest BCUT2D eigenvalue weighted by atomic mass is 15.5. The van der Waals surface area contributed by atoms with Gasteiger partial charge < -0.3 is 9.88 Å². The van der Waals surface area contributed by atoms with Crippen molar-refractivity contribution in [2.24, 2.45) is 5.10 Å². The highest BCUT2D eigenvalue weighted by Gasteiger charge is 2.40. The van der Waals surface area contributed by atoms with Crippen molar-refractivity contribution < 1.29 is 0 Å². The SMILES string of the molecule is N#Cc1c[nH]c2ncnc(N3CCC[C@@H]3C3=Nn4cccc4C(=C4CC4)N3c3ccccc3)c12. The normalized spacial score (nSPS) is 19.4. The highest BCUT2D eigenvalue weighted by molar-refractivity contribution is 6.14. The molecule has 0 amide bonds. The Morgan fingerprint density at radius 1 is 1.06 bits per heavy atom. The molecule has 0 unspecified atom stereocenters. The molecule has 0 radical (unpaired) electrons. The van der Waals surface area contributed by atoms with E-state index in [-0.39, 0.29) is 6.04 Å². The predicted molar refractivity (Wildman–Crippen MR) is 131 cm³/mol. The molecule has 0 spiro atoms. The minimum atomic E-state index is 0.0182. The van der Waals surface area contributed by atoms with Crippen molar-refractivity contribution >= 4 is 34.1 Å². The van der Waals surface area contributed by atoms with Gasteiger partial charge in [-0.25, -0.2) is 14.6 Å². The van der Waals surface area contributed by atoms with Gasteiger partial charge in [0.25, 0.3) is 0 Å². The number of hydrogen-bond donors (Lipinski definition) is 1. The van der Waals surface area contributed by atoms with Crippen LogP contribution in [0.1, 0.15) is 36.9 Å². The van der Waals surface area contributed by atoms with Gasteiger partial charge >= 0.3 is 0 Å². The molecule has 5 heterocycles. The number of nitrogens with zero attached hydrogens (tertiary/aromatic N) is 7. The lowest BCUT2D eigenvalue weighted by Gasteiger charge is -2.38. The van der Waals surface area contributed by atoms with Gasteiger partial charge in [-0.3, -0.25) is 4.90 Å². The van der Waals surface area contributed by atoms with Crippen LogP contribution in [0.5, 0.6) is 0 Å². The summed E-state index contributed by atoms with van der Waals surface area (Å²) in [4.78, 5) is 16.8. The van der Waals surface area contributed by atoms with Crippen molar-refractivity contribution in [2.45, 2.75) is 31.7 Å². The van der Waals surface area contributed by atoms with E-state index in [1.807, 2.05) is 16.9 Å². The fourth-order valence-electron chi connectivity index (χ4n) is 5.26. The number of amidine groups is 1. The number of H-pyrrole nitrogens is 1. The molecule has 34 heavy (non-hydrogen) atoms. The van der Waals surface area contributed by atoms with E-state index in [0.717, 1.165) is 60.6 Å². The monoisotopic (exact) mass is 446 g/mol. The van der Waals surface area contributed by atoms with Crippen molar-refractivity contribution in [1.29, 1.82) is 5.26 Å². The van der Waals surface area contributed by atoms with Crippen LogP contribution in [0.4, 0.5) is 11.5 Å². The maximum atomic E-state index is 9.70. The van der Waals surface area contributed by atoms with Gasteiger partial charge in [0, 0.05) is 24.6 Å². The summed E-state index contributed by atoms with van der Waals surface area (Å²) < 4.78 is 2.01. The molecule has 2 fully saturated rings. The number of hydrogen-bond acceptors (Lipinski definition) is 6. The molecule has 1 saturated carbocycles. The summed E-state index contributed by atoms with van der Waals surface area (Å²) in [5.41, 5.74) is 6.21. The van der Waals surface area contributed by atoms with Gasteiger partial charge in [0.05, 0.1) is 28.4 Å². The first kappa shape index (κ1) is 19.1. The largest absolute Gasteiger partial charge is 0.346 e. The van der Waals surface area contributed by atoms with Gasteiger partial charge in [-0.05, 0) is 55.5 Å². The van der Waals surface area contributed by atoms with Crippen LogP contribution in [-0.2, 0) is 0 Å². The molecule has 7 rings (SSSR count). The van der Waals surface area contributed by atoms with Crippen LogP contribution >= 0.6 is 0 Å². The van der Waals surface area contributed by atoms with E-state index >= 15 is 0 Å². The molecule has 8 heteroatoms. The Kier molecular flexibility index (Phi) is 4.12. The van der Waals surface area contributed by atoms with E-state index < -0.39 is 0 Å². The minimum Gasteiger partial charge on any atom is -0.346 e. The number of para-hydroxylation sites is 1. The number of rotatable bonds is 3. The second-order valence-electron chi connectivity index (χ2n) is 8.91. The number of aromatic amines is 1. The molecular weight excluding hydrogens is 424 g/mol. The third kappa shape index (κ3) is 2.80. The number of aromatic nitrogens is 4. The minimum absolute atomic E-state index is 0.0182. The first-order valence-electron chi connectivity index (χ1n) is 11.7. The molecule has 4 aromatic rings. The summed E-state index contributed by atoms with van der Waals surface area (Å²) in [7, 11) is 0. The fraction of sp³-hybridized carbons (Fsp3) is 0.231. The summed E-state index contributed by atoms with van der Waals surface area (Å²) in [5, 5.41) is 15.6. The smallest absolute Gasteiger partial charge is 0.157 e. The molecule has 1 aromatic carbocycles. The predicted octanol–water partition coefficient (Wildman–Crippen LogP) is 4.49. The summed E-state index contributed by atoms with van der Waals surface area (Å²) in [5.74, 6) is 1.78. The molecule has 1 N–H and O–H groups in total. The van der Waals surface area contributed by atoms with Gasteiger partial charge in [0.2, 0.25) is 0 Å². The number of allylic oxidation sites excluding steroid dienone is 1. The molecule has 1 aliphatic carbocycles. The molecule has 3 aromatic heterocycles. The standard InChI is InChI=1S/C26H22N8/c27-14-18-15-28-24-22(18)26(30-16-29-24)32-12-4-9-21(32)25-31-33-13-5-8-20(33)23(17-10-11-17)34(25)19-6-2-1-3-7-19/h1-3,5-8,13,15-16,21H,4,9-12H2,(H,28,29,30)/t21-/m1/s1. The maximum Gasteiger partial charge on any atom is 0.157 e. The Labute approximate surface area is 196 Å². The second kappa shape index (κ2) is 7.32. The van der Waals surface area contributed by atoms with E-state index in [1.54, 1.807) is 12.5 Å². The average molecular weight is 447 g/mol. The Morgan fingerprint density at radius 2 is 1.94 bits per heavy atom. The molecular formula is C26H22N8. The summed E-state index contributed by atoms with van der Waals surface area (Å²) in [6.45, 7) is 0.846. The molecule has 166 valence electrons. The van der Waals surface area contributed by atoms with Crippen LogP contribution < -0.4 is 9.80 Å². The van der Waals surface area contributed by atoms with Crippen molar-refractivity contribution in [1.82, 2.24) is 19.6 Å². The van der Waals surface area contributed by atoms with Crippen LogP contribution in [0.25, 0.3) is 16.7 Å². The van der Waals surface area contributed by atoms with E-state index in [2.05, 4.69) is 67.2 Å². The van der Waals surface area contributed by atoms with Gasteiger partial charge in [-0.2, -0.15) is 10.4 Å². The van der Waals surface area contributed by atoms with Crippen molar-refractivity contribution in [3.8, 4) is 6.07 Å². The van der Waals surface area contributed by atoms with Crippen molar-refractivity contribution in [3.05, 3.63) is 78.0 Å². The quantitative estimate of drug-likeness (QED) is 0.501. The zero-order valence-corrected chi connectivity index (χ0v) is 18.5. The Balaban J connectivity index is 1.42. The van der Waals surface area contributed by atoms with Crippen molar-refractivity contribution in [2.75, 3.05) is 16.3 Å². The van der Waals surface area contributed by atoms with Crippen LogP contribution in [0.15, 0.2) is 71.9 Å². The second-order valence-corrected chi connectivity index (χ2v) is 8.91. The Hall–Kier alpha value is -4.38. The topological polar surface area (TPSA) is 89.1 Å². The fourth-order valence-corrected chi connectivity index (χ4v) is 5.26. The Morgan fingerprint density at radius 3 is 2.76 bits per heavy atom. The first-order chi connectivity index (χ1) is 16.8. The molecule has 8 nitrogen and oxygen atoms in total. The van der Waals surface area contributed by atoms with Crippen molar-refractivity contribution in [3.63, 3.8) is 0 Å². The van der Waals surface area contributed by atoms with Crippen LogP contribution in [0, 0.1) is 11.3 Å². The average Bonchev–Trinajstić information content (AvgIpc) is 3.25. The molecule has 1 saturated heterocycles. The lowest BCUT2D eigenvalue weighted by molar-refractivity contribution is 0.769. The summed E-state index contributed by atoms with van der Waals surface area (Å²) in [6, 6.07) is 17.0. The lowest BCUT2D eigenvalue weighted by atomic mass is 10.1. The van der Waals surface area contributed by atoms with E-state index in [1.165, 1.54) is 11.3 Å². The molecule has 1 atom stereocenters. The lowest BCUT2D eigenvalue weighted by Crippen LogP contribution is -2.48. The molecule has 3 aliphatic rings. The number of nitrogens with one attached hydrogen (secondary N) is 1. The van der Waals surface area contributed by atoms with Gasteiger partial charge in [-0.15, -0.1) is 0 Å². The van der Waals surface area contributed by atoms with Gasteiger partial charge in [0.15, 0.2) is 5.84 Å². The number of nitriles is 1. The Bertz CT molecular complexity index is 1510. The van der Waals surface area contributed by atoms with E-state index in [4.69, 9.17) is 5.10 Å². The van der Waals surface area contributed by atoms with Crippen LogP contribution in [-0.4, -0.2) is 38.1 Å². The molecule has 0 bridgehead atoms. The third-order valence-electron chi connectivity index (χ3n) is 6.88. The summed E-state index contributed by atoms with van der Waals surface area (Å²) >= 11 is 0. The van der Waals surface area contributed by atoms with Gasteiger partial charge in [-0.1, -0.05) is 18.2 Å². The van der Waals surface area contributed by atoms with Crippen LogP contribution in [0.2, 0.25) is 0 Å². The number of benzene rings is 1. The van der Waals surface area contributed by atoms with E-state index in [0.29, 0.717) is 11.2 Å². The van der Waals surface area contributed by atoms with Gasteiger partial charge in [0.1, 0.15) is 23.9 Å². The highest BCUT2D eigenvalue weighted by Crippen LogP contribution is 2.44. The van der Waals surface area contributed by atoms with E-state index in [9.17, 15) is 5.26 Å².